The van der Waals surface area contributed by atoms with E-state index in [0.29, 0.717) is 23.4 Å². The van der Waals surface area contributed by atoms with Crippen molar-refractivity contribution in [1.29, 1.82) is 0 Å². The van der Waals surface area contributed by atoms with Crippen molar-refractivity contribution in [3.8, 4) is 0 Å². The van der Waals surface area contributed by atoms with Gasteiger partial charge in [0.1, 0.15) is 0 Å². The summed E-state index contributed by atoms with van der Waals surface area (Å²) in [6, 6.07) is 8.22. The van der Waals surface area contributed by atoms with Crippen molar-refractivity contribution in [2.24, 2.45) is 5.92 Å². The van der Waals surface area contributed by atoms with E-state index in [1.165, 1.54) is 12.5 Å². The van der Waals surface area contributed by atoms with E-state index in [2.05, 4.69) is 39.5 Å². The lowest BCUT2D eigenvalue weighted by molar-refractivity contribution is -0.115. The molecule has 0 heterocycles. The van der Waals surface area contributed by atoms with Crippen LogP contribution in [0.3, 0.4) is 0 Å². The summed E-state index contributed by atoms with van der Waals surface area (Å²) in [5, 5.41) is 0. The van der Waals surface area contributed by atoms with E-state index in [4.69, 9.17) is 0 Å². The Balaban J connectivity index is -0.000000590. The molecular weight excluding hydrogens is 480 g/mol. The van der Waals surface area contributed by atoms with Crippen LogP contribution < -0.4 is 0 Å². The molecule has 0 saturated heterocycles. The van der Waals surface area contributed by atoms with Crippen molar-refractivity contribution in [2.75, 3.05) is 0 Å². The highest BCUT2D eigenvalue weighted by Gasteiger charge is 2.18. The first-order chi connectivity index (χ1) is 18.7. The summed E-state index contributed by atoms with van der Waals surface area (Å²) in [6.07, 6.45) is 14.8. The maximum Gasteiger partial charge on any atom is 0.165 e. The van der Waals surface area contributed by atoms with Crippen LogP contribution in [0.2, 0.25) is 0 Å². The van der Waals surface area contributed by atoms with Crippen molar-refractivity contribution in [3.63, 3.8) is 0 Å². The fourth-order valence-electron chi connectivity index (χ4n) is 3.79. The first-order valence-corrected chi connectivity index (χ1v) is 15.5. The number of benzene rings is 1. The molecule has 0 aliphatic heterocycles. The highest BCUT2D eigenvalue weighted by atomic mass is 16.1. The van der Waals surface area contributed by atoms with Gasteiger partial charge in [-0.3, -0.25) is 14.4 Å². The first-order valence-electron chi connectivity index (χ1n) is 15.5. The van der Waals surface area contributed by atoms with E-state index in [-0.39, 0.29) is 17.5 Å². The molecule has 0 aromatic heterocycles. The molecule has 222 valence electrons. The molecule has 0 saturated carbocycles. The van der Waals surface area contributed by atoms with Crippen LogP contribution in [0.5, 0.6) is 0 Å². The topological polar surface area (TPSA) is 51.2 Å². The van der Waals surface area contributed by atoms with Gasteiger partial charge < -0.3 is 0 Å². The van der Waals surface area contributed by atoms with E-state index >= 15 is 0 Å². The van der Waals surface area contributed by atoms with E-state index in [1.54, 1.807) is 12.2 Å². The minimum Gasteiger partial charge on any atom is -0.295 e. The van der Waals surface area contributed by atoms with Gasteiger partial charge in [0.05, 0.1) is 0 Å². The second-order valence-corrected chi connectivity index (χ2v) is 9.09. The van der Waals surface area contributed by atoms with E-state index < -0.39 is 0 Å². The Morgan fingerprint density at radius 3 is 1.74 bits per heavy atom. The molecule has 1 aromatic carbocycles. The van der Waals surface area contributed by atoms with Gasteiger partial charge in [0.25, 0.3) is 0 Å². The lowest BCUT2D eigenvalue weighted by Crippen LogP contribution is -2.14. The van der Waals surface area contributed by atoms with Crippen molar-refractivity contribution in [2.45, 2.75) is 133 Å². The van der Waals surface area contributed by atoms with Crippen LogP contribution in [0.4, 0.5) is 0 Å². The molecule has 1 aromatic rings. The van der Waals surface area contributed by atoms with Crippen LogP contribution in [-0.4, -0.2) is 17.3 Å². The molecule has 0 aliphatic rings. The molecule has 0 spiro atoms. The molecular formula is C36H60O3. The molecule has 0 N–H and O–H groups in total. The fraction of sp³-hybridized carbons (Fsp3) is 0.583. The zero-order valence-electron chi connectivity index (χ0n) is 27.1. The highest BCUT2D eigenvalue weighted by Crippen LogP contribution is 2.20. The molecule has 0 bridgehead atoms. The maximum absolute atomic E-state index is 12.4. The Labute approximate surface area is 242 Å². The molecule has 39 heavy (non-hydrogen) atoms. The van der Waals surface area contributed by atoms with Gasteiger partial charge in [0.2, 0.25) is 0 Å². The average molecular weight is 541 g/mol. The van der Waals surface area contributed by atoms with Gasteiger partial charge in [0.15, 0.2) is 17.3 Å². The van der Waals surface area contributed by atoms with E-state index in [9.17, 15) is 14.4 Å². The summed E-state index contributed by atoms with van der Waals surface area (Å²) in [5.74, 6) is 0.623. The minimum atomic E-state index is 0.0110. The third-order valence-electron chi connectivity index (χ3n) is 5.83. The van der Waals surface area contributed by atoms with Crippen molar-refractivity contribution >= 4 is 17.3 Å². The summed E-state index contributed by atoms with van der Waals surface area (Å²) in [7, 11) is 0. The second-order valence-electron chi connectivity index (χ2n) is 9.09. The van der Waals surface area contributed by atoms with Crippen molar-refractivity contribution in [1.82, 2.24) is 0 Å². The van der Waals surface area contributed by atoms with Gasteiger partial charge in [-0.2, -0.15) is 0 Å². The van der Waals surface area contributed by atoms with Gasteiger partial charge in [-0.15, -0.1) is 0 Å². The molecule has 0 radical (unpaired) electrons. The number of hydrogen-bond acceptors (Lipinski definition) is 3. The maximum atomic E-state index is 12.4. The van der Waals surface area contributed by atoms with Crippen LogP contribution in [-0.2, 0) is 16.0 Å². The van der Waals surface area contributed by atoms with Crippen LogP contribution in [0, 0.1) is 5.92 Å². The smallest absolute Gasteiger partial charge is 0.165 e. The predicted molar refractivity (Wildman–Crippen MR) is 173 cm³/mol. The largest absolute Gasteiger partial charge is 0.295 e. The Hall–Kier alpha value is -2.55. The van der Waals surface area contributed by atoms with Gasteiger partial charge in [0, 0.05) is 29.0 Å². The fourth-order valence-corrected chi connectivity index (χ4v) is 3.79. The number of carbonyl (C=O) groups excluding carboxylic acids is 3. The van der Waals surface area contributed by atoms with Crippen LogP contribution in [0.25, 0.3) is 0 Å². The number of carbonyl (C=O) groups is 3. The normalized spacial score (nSPS) is 10.5. The molecule has 0 atom stereocenters. The third-order valence-corrected chi connectivity index (χ3v) is 5.83. The Morgan fingerprint density at radius 1 is 0.795 bits per heavy atom. The third kappa shape index (κ3) is 20.1. The Morgan fingerprint density at radius 2 is 1.33 bits per heavy atom. The van der Waals surface area contributed by atoms with Gasteiger partial charge in [-0.05, 0) is 44.6 Å². The van der Waals surface area contributed by atoms with E-state index in [1.807, 2.05) is 59.8 Å². The zero-order chi connectivity index (χ0) is 30.6. The van der Waals surface area contributed by atoms with Gasteiger partial charge >= 0.3 is 0 Å². The highest BCUT2D eigenvalue weighted by molar-refractivity contribution is 5.99. The molecule has 0 amide bonds. The standard InChI is InChI=1S/C17H26O.C15H22O2.2C2H6/c1-4-7-14-10-12-16(13-11-14)17(18)15(8-5-2)9-6-3;1-5-7-9-15(17)12(3)10-11-14(8-6-2)13(4)16;2*1-2/h10-13,15H,4-9H2,1-3H3;8,10-11H,3,5-7,9H2,1-2,4H3;2*1-2H3/b;11-10-,14-8+;;. The quantitative estimate of drug-likeness (QED) is 0.119. The minimum absolute atomic E-state index is 0.0110. The molecule has 3 heteroatoms. The summed E-state index contributed by atoms with van der Waals surface area (Å²) in [5.41, 5.74) is 3.33. The number of ketones is 3. The summed E-state index contributed by atoms with van der Waals surface area (Å²) >= 11 is 0. The summed E-state index contributed by atoms with van der Waals surface area (Å²) in [4.78, 5) is 35.2. The molecule has 3 nitrogen and oxygen atoms in total. The first kappa shape index (κ1) is 40.9. The molecule has 0 unspecified atom stereocenters. The number of unbranched alkanes of at least 4 members (excludes halogenated alkanes) is 1. The number of Topliss-reactive ketones (excluding diaryl/α,β-unsaturated/α-hetero) is 3. The molecule has 0 fully saturated rings. The summed E-state index contributed by atoms with van der Waals surface area (Å²) < 4.78 is 0. The van der Waals surface area contributed by atoms with Crippen LogP contribution >= 0.6 is 0 Å². The second kappa shape index (κ2) is 28.5. The average Bonchev–Trinajstić information content (AvgIpc) is 2.96. The number of hydrogen-bond donors (Lipinski definition) is 0. The Kier molecular flexibility index (Phi) is 29.9. The van der Waals surface area contributed by atoms with Crippen LogP contribution in [0.1, 0.15) is 143 Å². The lowest BCUT2D eigenvalue weighted by Gasteiger charge is -2.14. The van der Waals surface area contributed by atoms with Crippen molar-refractivity contribution in [3.05, 3.63) is 71.3 Å². The predicted octanol–water partition coefficient (Wildman–Crippen LogP) is 10.9. The zero-order valence-corrected chi connectivity index (χ0v) is 27.1. The van der Waals surface area contributed by atoms with Crippen LogP contribution in [0.15, 0.2) is 60.2 Å². The summed E-state index contributed by atoms with van der Waals surface area (Å²) in [6.45, 7) is 23.7. The van der Waals surface area contributed by atoms with E-state index in [0.717, 1.165) is 63.4 Å². The molecule has 0 aliphatic carbocycles. The number of rotatable bonds is 16. The lowest BCUT2D eigenvalue weighted by atomic mass is 9.89. The van der Waals surface area contributed by atoms with Gasteiger partial charge in [-0.1, -0.05) is 137 Å². The SMILES string of the molecule is C=C(/C=C\C(=C/CC)C(C)=O)C(=O)CCCC.CC.CC.CCCc1ccc(C(=O)C(CCC)CCC)cc1. The molecule has 1 rings (SSSR count). The number of allylic oxidation sites excluding steroid dienone is 5. The van der Waals surface area contributed by atoms with Crippen molar-refractivity contribution < 1.29 is 14.4 Å². The number of aryl methyl sites for hydroxylation is 1. The monoisotopic (exact) mass is 540 g/mol. The van der Waals surface area contributed by atoms with Gasteiger partial charge in [-0.25, -0.2) is 0 Å². The Bertz CT molecular complexity index is 835.